The molecule has 0 bridgehead atoms. The minimum Gasteiger partial charge on any atom is -0.321 e. The minimum atomic E-state index is -4.52. The Bertz CT molecular complexity index is 1960. The first-order chi connectivity index (χ1) is 24.9. The van der Waals surface area contributed by atoms with Gasteiger partial charge in [0, 0.05) is 55.0 Å². The van der Waals surface area contributed by atoms with Crippen LogP contribution in [-0.4, -0.2) is 83.6 Å². The van der Waals surface area contributed by atoms with Gasteiger partial charge in [-0.15, -0.1) is 11.3 Å². The summed E-state index contributed by atoms with van der Waals surface area (Å²) < 4.78 is 52.1. The molecule has 52 heavy (non-hydrogen) atoms. The number of hydrazone groups is 1. The predicted octanol–water partition coefficient (Wildman–Crippen LogP) is 4.96. The Kier molecular flexibility index (Phi) is 10.9. The Morgan fingerprint density at radius 1 is 0.942 bits per heavy atom. The summed E-state index contributed by atoms with van der Waals surface area (Å²) in [6.07, 6.45) is -3.38. The molecule has 4 N–H and O–H groups in total. The van der Waals surface area contributed by atoms with E-state index in [2.05, 4.69) is 31.4 Å². The number of amides is 6. The van der Waals surface area contributed by atoms with Gasteiger partial charge in [-0.1, -0.05) is 6.07 Å². The highest BCUT2D eigenvalue weighted by atomic mass is 32.1. The lowest BCUT2D eigenvalue weighted by atomic mass is 10.2. The third-order valence-electron chi connectivity index (χ3n) is 8.07. The van der Waals surface area contributed by atoms with Crippen molar-refractivity contribution in [2.24, 2.45) is 5.10 Å². The van der Waals surface area contributed by atoms with E-state index in [4.69, 9.17) is 4.98 Å². The normalized spacial score (nSPS) is 17.0. The number of carbonyl (C=O) groups is 4. The van der Waals surface area contributed by atoms with E-state index in [1.54, 1.807) is 24.3 Å². The topological polar surface area (TPSA) is 151 Å². The number of nitrogens with zero attached hydrogens (tertiary/aromatic N) is 5. The molecule has 3 heterocycles. The summed E-state index contributed by atoms with van der Waals surface area (Å²) in [5.41, 5.74) is 3.93. The maximum atomic E-state index is 13.2. The Morgan fingerprint density at radius 3 is 2.35 bits per heavy atom. The maximum Gasteiger partial charge on any atom is 0.416 e. The van der Waals surface area contributed by atoms with Crippen LogP contribution in [0.25, 0.3) is 10.6 Å². The second-order valence-corrected chi connectivity index (χ2v) is 12.7. The summed E-state index contributed by atoms with van der Waals surface area (Å²) in [4.78, 5) is 59.5. The fraction of sp³-hybridized carbons (Fsp3) is 0.235. The van der Waals surface area contributed by atoms with Gasteiger partial charge in [-0.3, -0.25) is 19.4 Å². The van der Waals surface area contributed by atoms with Crippen LogP contribution in [0.1, 0.15) is 11.3 Å². The maximum absolute atomic E-state index is 13.2. The summed E-state index contributed by atoms with van der Waals surface area (Å²) in [6, 6.07) is 13.8. The number of anilines is 3. The molecule has 270 valence electrons. The summed E-state index contributed by atoms with van der Waals surface area (Å²) in [7, 11) is 0. The zero-order valence-corrected chi connectivity index (χ0v) is 28.0. The second kappa shape index (κ2) is 15.7. The van der Waals surface area contributed by atoms with Gasteiger partial charge in [-0.25, -0.2) is 29.3 Å². The monoisotopic (exact) mass is 737 g/mol. The highest BCUT2D eigenvalue weighted by Crippen LogP contribution is 2.31. The van der Waals surface area contributed by atoms with E-state index in [9.17, 15) is 36.7 Å². The van der Waals surface area contributed by atoms with Gasteiger partial charge in [0.15, 0.2) is 0 Å². The van der Waals surface area contributed by atoms with Gasteiger partial charge in [0.2, 0.25) is 0 Å². The Hall–Kier alpha value is -5.72. The average molecular weight is 738 g/mol. The highest BCUT2D eigenvalue weighted by molar-refractivity contribution is 7.13. The van der Waals surface area contributed by atoms with E-state index in [1.165, 1.54) is 35.6 Å². The largest absolute Gasteiger partial charge is 0.416 e. The lowest BCUT2D eigenvalue weighted by molar-refractivity contribution is -0.137. The van der Waals surface area contributed by atoms with Crippen molar-refractivity contribution >= 4 is 58.5 Å². The molecule has 4 aromatic rings. The number of piperazine rings is 1. The van der Waals surface area contributed by atoms with Crippen LogP contribution in [0.4, 0.5) is 44.2 Å². The number of thiazole rings is 1. The van der Waals surface area contributed by atoms with E-state index >= 15 is 0 Å². The number of urea groups is 2. The molecule has 0 aliphatic carbocycles. The molecule has 2 saturated heterocycles. The van der Waals surface area contributed by atoms with Crippen LogP contribution in [0, 0.1) is 5.82 Å². The van der Waals surface area contributed by atoms with Gasteiger partial charge in [-0.05, 0) is 66.7 Å². The van der Waals surface area contributed by atoms with E-state index in [0.29, 0.717) is 38.4 Å². The molecule has 2 aliphatic heterocycles. The molecule has 2 fully saturated rings. The van der Waals surface area contributed by atoms with Gasteiger partial charge >= 0.3 is 18.2 Å². The van der Waals surface area contributed by atoms with Crippen molar-refractivity contribution in [3.63, 3.8) is 0 Å². The number of nitrogens with one attached hydrogen (secondary N) is 4. The van der Waals surface area contributed by atoms with Gasteiger partial charge in [0.05, 0.1) is 29.7 Å². The standard InChI is InChI=1S/C34H31F4N9O4S/c35-23-6-10-27(11-7-23)47-31(49)28(43-33(47)51)17-39-44-29(48)19-46-14-12-45(13-15-46)18-26-20-52-30(40-26)21-4-8-24(9-5-21)41-32(50)42-25-3-1-2-22(16-25)34(36,37)38/h1-11,16-17,20,28H,12-15,18-19H2,(H,43,51)(H,44,48)(H2,41,42,50)/b39-17+. The van der Waals surface area contributed by atoms with Gasteiger partial charge < -0.3 is 16.0 Å². The third-order valence-corrected chi connectivity index (χ3v) is 9.01. The zero-order valence-electron chi connectivity index (χ0n) is 27.2. The summed E-state index contributed by atoms with van der Waals surface area (Å²) in [5, 5.41) is 14.1. The molecular formula is C34H31F4N9O4S. The average Bonchev–Trinajstić information content (AvgIpc) is 3.69. The summed E-state index contributed by atoms with van der Waals surface area (Å²) in [6.45, 7) is 3.38. The number of benzene rings is 3. The van der Waals surface area contributed by atoms with Crippen molar-refractivity contribution in [3.8, 4) is 10.6 Å². The lowest BCUT2D eigenvalue weighted by Crippen LogP contribution is -2.48. The summed E-state index contributed by atoms with van der Waals surface area (Å²) in [5.74, 6) is -1.48. The van der Waals surface area contributed by atoms with Crippen molar-refractivity contribution in [3.05, 3.63) is 95.3 Å². The molecule has 13 nitrogen and oxygen atoms in total. The fourth-order valence-electron chi connectivity index (χ4n) is 5.47. The van der Waals surface area contributed by atoms with Crippen LogP contribution in [0.5, 0.6) is 0 Å². The number of aromatic nitrogens is 1. The SMILES string of the molecule is O=C(CN1CCN(Cc2csc(-c3ccc(NC(=O)Nc4cccc(C(F)(F)F)c4)cc3)n2)CC1)N/N=C/C1NC(=O)N(c2ccc(F)cc2)C1=O. The van der Waals surface area contributed by atoms with E-state index in [1.807, 2.05) is 10.3 Å². The second-order valence-electron chi connectivity index (χ2n) is 11.8. The number of alkyl halides is 3. The number of carbonyl (C=O) groups excluding carboxylic acids is 4. The smallest absolute Gasteiger partial charge is 0.321 e. The summed E-state index contributed by atoms with van der Waals surface area (Å²) >= 11 is 1.47. The Balaban J connectivity index is 0.910. The number of imide groups is 1. The van der Waals surface area contributed by atoms with Crippen LogP contribution in [0.15, 0.2) is 83.3 Å². The van der Waals surface area contributed by atoms with Crippen molar-refractivity contribution < 1.29 is 36.7 Å². The van der Waals surface area contributed by atoms with Crippen molar-refractivity contribution in [1.82, 2.24) is 25.5 Å². The van der Waals surface area contributed by atoms with Crippen LogP contribution < -0.4 is 26.3 Å². The van der Waals surface area contributed by atoms with E-state index in [0.717, 1.165) is 51.6 Å². The molecule has 6 rings (SSSR count). The molecule has 2 aliphatic rings. The lowest BCUT2D eigenvalue weighted by Gasteiger charge is -2.33. The van der Waals surface area contributed by atoms with E-state index in [-0.39, 0.29) is 23.8 Å². The van der Waals surface area contributed by atoms with E-state index < -0.39 is 41.6 Å². The minimum absolute atomic E-state index is 0.0163. The van der Waals surface area contributed by atoms with Gasteiger partial charge in [-0.2, -0.15) is 18.3 Å². The first-order valence-corrected chi connectivity index (χ1v) is 16.8. The van der Waals surface area contributed by atoms with Crippen LogP contribution in [0.3, 0.4) is 0 Å². The Morgan fingerprint density at radius 2 is 1.63 bits per heavy atom. The third kappa shape index (κ3) is 9.14. The number of halogens is 4. The molecule has 0 spiro atoms. The molecule has 1 aromatic heterocycles. The number of rotatable bonds is 10. The highest BCUT2D eigenvalue weighted by Gasteiger charge is 2.38. The molecule has 1 unspecified atom stereocenters. The zero-order chi connectivity index (χ0) is 36.8. The molecule has 6 amide bonds. The predicted molar refractivity (Wildman–Crippen MR) is 186 cm³/mol. The number of hydrogen-bond donors (Lipinski definition) is 4. The molecule has 0 saturated carbocycles. The van der Waals surface area contributed by atoms with Gasteiger partial charge in [0.1, 0.15) is 16.9 Å². The van der Waals surface area contributed by atoms with Crippen molar-refractivity contribution in [2.45, 2.75) is 18.8 Å². The van der Waals surface area contributed by atoms with Gasteiger partial charge in [0.25, 0.3) is 11.8 Å². The van der Waals surface area contributed by atoms with Crippen molar-refractivity contribution in [2.75, 3.05) is 48.3 Å². The Labute approximate surface area is 298 Å². The first-order valence-electron chi connectivity index (χ1n) is 15.9. The molecule has 18 heteroatoms. The molecule has 1 atom stereocenters. The molecular weight excluding hydrogens is 706 g/mol. The fourth-order valence-corrected chi connectivity index (χ4v) is 6.28. The quantitative estimate of drug-likeness (QED) is 0.0778. The van der Waals surface area contributed by atoms with Crippen LogP contribution in [0.2, 0.25) is 0 Å². The molecule has 3 aromatic carbocycles. The van der Waals surface area contributed by atoms with Crippen LogP contribution >= 0.6 is 11.3 Å². The van der Waals surface area contributed by atoms with Crippen molar-refractivity contribution in [1.29, 1.82) is 0 Å². The molecule has 0 radical (unpaired) electrons. The number of hydrogen-bond acceptors (Lipinski definition) is 9. The van der Waals surface area contributed by atoms with Crippen LogP contribution in [-0.2, 0) is 22.3 Å². The first kappa shape index (κ1) is 36.1.